The Hall–Kier alpha value is -3.55. The summed E-state index contributed by atoms with van der Waals surface area (Å²) in [6.45, 7) is 1.95. The highest BCUT2D eigenvalue weighted by atomic mass is 79.9. The van der Waals surface area contributed by atoms with Crippen molar-refractivity contribution in [3.8, 4) is 11.3 Å². The molecule has 8 rings (SSSR count). The second kappa shape index (κ2) is 8.47. The molecule has 2 bridgehead atoms. The number of hydrogen-bond acceptors (Lipinski definition) is 4. The first-order chi connectivity index (χ1) is 18.8. The van der Waals surface area contributed by atoms with Gasteiger partial charge in [0.1, 0.15) is 11.7 Å². The number of benzene rings is 3. The summed E-state index contributed by atoms with van der Waals surface area (Å²) in [6, 6.07) is 25.5. The van der Waals surface area contributed by atoms with Gasteiger partial charge in [-0.3, -0.25) is 9.59 Å². The fraction of sp³-hybridized carbons (Fsp3) is 0.281. The van der Waals surface area contributed by atoms with Gasteiger partial charge in [0.25, 0.3) is 5.91 Å². The zero-order valence-electron chi connectivity index (χ0n) is 21.4. The van der Waals surface area contributed by atoms with Crippen LogP contribution in [0.5, 0.6) is 0 Å². The number of rotatable bonds is 5. The minimum absolute atomic E-state index is 0.190. The smallest absolute Gasteiger partial charge is 0.312 e. The fourth-order valence-corrected chi connectivity index (χ4v) is 7.64. The zero-order chi connectivity index (χ0) is 27.0. The van der Waals surface area contributed by atoms with Gasteiger partial charge in [-0.1, -0.05) is 76.6 Å². The van der Waals surface area contributed by atoms with Crippen LogP contribution >= 0.6 is 15.9 Å². The summed E-state index contributed by atoms with van der Waals surface area (Å²) in [7, 11) is 0. The Balaban J connectivity index is 1.37. The summed E-state index contributed by atoms with van der Waals surface area (Å²) < 4.78 is 7.32. The molecular weight excluding hydrogens is 556 g/mol. The lowest BCUT2D eigenvalue weighted by atomic mass is 9.51. The van der Waals surface area contributed by atoms with E-state index in [0.717, 1.165) is 37.8 Å². The molecule has 2 heterocycles. The van der Waals surface area contributed by atoms with Crippen LogP contribution in [-0.2, 0) is 15.1 Å². The van der Waals surface area contributed by atoms with Crippen LogP contribution in [0, 0.1) is 12.3 Å². The van der Waals surface area contributed by atoms with E-state index in [4.69, 9.17) is 9.72 Å². The lowest BCUT2D eigenvalue weighted by Crippen LogP contribution is -2.67. The number of pyridine rings is 1. The van der Waals surface area contributed by atoms with Gasteiger partial charge >= 0.3 is 5.97 Å². The molecule has 4 fully saturated rings. The summed E-state index contributed by atoms with van der Waals surface area (Å²) in [4.78, 5) is 31.9. The van der Waals surface area contributed by atoms with Crippen LogP contribution in [0.15, 0.2) is 83.3 Å². The second-order valence-corrected chi connectivity index (χ2v) is 12.0. The molecular formula is C32H27BrN2O4. The van der Waals surface area contributed by atoms with Gasteiger partial charge in [0.15, 0.2) is 0 Å². The number of hydrogen-bond donors (Lipinski definition) is 2. The topological polar surface area (TPSA) is 91.8 Å². The Kier molecular flexibility index (Phi) is 5.32. The van der Waals surface area contributed by atoms with Gasteiger partial charge in [-0.15, -0.1) is 0 Å². The maximum absolute atomic E-state index is 14.4. The average molecular weight is 583 g/mol. The summed E-state index contributed by atoms with van der Waals surface area (Å²) in [5.74, 6) is -0.997. The molecule has 1 saturated heterocycles. The predicted molar refractivity (Wildman–Crippen MR) is 151 cm³/mol. The third kappa shape index (κ3) is 3.33. The molecule has 196 valence electrons. The van der Waals surface area contributed by atoms with E-state index in [0.29, 0.717) is 31.2 Å². The highest BCUT2D eigenvalue weighted by Gasteiger charge is 2.83. The first kappa shape index (κ1) is 24.5. The summed E-state index contributed by atoms with van der Waals surface area (Å²) in [5.41, 5.74) is 2.25. The fourth-order valence-electron chi connectivity index (χ4n) is 7.28. The molecule has 3 aliphatic carbocycles. The molecule has 4 aromatic rings. The van der Waals surface area contributed by atoms with E-state index in [9.17, 15) is 14.7 Å². The van der Waals surface area contributed by atoms with E-state index in [1.54, 1.807) is 0 Å². The molecule has 1 amide bonds. The molecule has 6 nitrogen and oxygen atoms in total. The SMILES string of the molecule is Cc1c(-c2ccccc2)nc2ccc(Br)cc2c1C(=O)NC12CCC(C(=O)O)(CC1)C1OC12c1ccccc1. The van der Waals surface area contributed by atoms with Gasteiger partial charge in [-0.25, -0.2) is 4.98 Å². The summed E-state index contributed by atoms with van der Waals surface area (Å²) in [5, 5.41) is 14.5. The maximum Gasteiger partial charge on any atom is 0.312 e. The number of ether oxygens (including phenoxy) is 1. The van der Waals surface area contributed by atoms with E-state index >= 15 is 0 Å². The Morgan fingerprint density at radius 1 is 0.974 bits per heavy atom. The van der Waals surface area contributed by atoms with Crippen LogP contribution < -0.4 is 5.32 Å². The van der Waals surface area contributed by atoms with Crippen molar-refractivity contribution in [1.82, 2.24) is 10.3 Å². The Labute approximate surface area is 234 Å². The molecule has 2 N–H and O–H groups in total. The number of aliphatic carboxylic acids is 1. The van der Waals surface area contributed by atoms with Crippen molar-refractivity contribution in [1.29, 1.82) is 0 Å². The van der Waals surface area contributed by atoms with Crippen LogP contribution in [0.4, 0.5) is 0 Å². The molecule has 4 aliphatic rings. The van der Waals surface area contributed by atoms with E-state index in [1.165, 1.54) is 0 Å². The molecule has 2 atom stereocenters. The van der Waals surface area contributed by atoms with Crippen LogP contribution in [-0.4, -0.2) is 33.6 Å². The van der Waals surface area contributed by atoms with E-state index in [-0.39, 0.29) is 5.91 Å². The van der Waals surface area contributed by atoms with Crippen molar-refractivity contribution in [2.45, 2.75) is 49.9 Å². The lowest BCUT2D eigenvalue weighted by molar-refractivity contribution is -0.156. The number of amides is 1. The van der Waals surface area contributed by atoms with Crippen molar-refractivity contribution in [3.05, 3.63) is 100 Å². The van der Waals surface area contributed by atoms with E-state index in [1.807, 2.05) is 85.8 Å². The number of nitrogens with one attached hydrogen (secondary N) is 1. The normalized spacial score (nSPS) is 28.6. The average Bonchev–Trinajstić information content (AvgIpc) is 3.74. The number of aromatic nitrogens is 1. The van der Waals surface area contributed by atoms with Crippen molar-refractivity contribution < 1.29 is 19.4 Å². The standard InChI is InChI=1S/C32H27BrN2O4/c1-19-25(23-18-22(33)12-13-24(23)34-26(19)20-8-4-2-5-9-20)27(36)35-31-16-14-30(15-17-31,29(37)38)28-32(31,39-28)21-10-6-3-7-11-21/h2-13,18,28H,14-17H2,1H3,(H,35,36)(H,37,38). The quantitative estimate of drug-likeness (QED) is 0.266. The second-order valence-electron chi connectivity index (χ2n) is 11.1. The minimum Gasteiger partial charge on any atom is -0.481 e. The van der Waals surface area contributed by atoms with Crippen molar-refractivity contribution in [3.63, 3.8) is 0 Å². The molecule has 2 unspecified atom stereocenters. The first-order valence-electron chi connectivity index (χ1n) is 13.3. The van der Waals surface area contributed by atoms with Gasteiger partial charge in [0.2, 0.25) is 0 Å². The van der Waals surface area contributed by atoms with E-state index in [2.05, 4.69) is 21.2 Å². The van der Waals surface area contributed by atoms with Crippen LogP contribution in [0.25, 0.3) is 22.2 Å². The molecule has 7 heteroatoms. The first-order valence-corrected chi connectivity index (χ1v) is 14.1. The van der Waals surface area contributed by atoms with Gasteiger partial charge in [-0.05, 0) is 61.9 Å². The highest BCUT2D eigenvalue weighted by Crippen LogP contribution is 2.72. The van der Waals surface area contributed by atoms with Crippen molar-refractivity contribution in [2.75, 3.05) is 0 Å². The third-order valence-corrected chi connectivity index (χ3v) is 9.76. The van der Waals surface area contributed by atoms with Gasteiger partial charge in [0.05, 0.1) is 27.7 Å². The van der Waals surface area contributed by atoms with Crippen molar-refractivity contribution >= 4 is 38.7 Å². The third-order valence-electron chi connectivity index (χ3n) is 9.27. The van der Waals surface area contributed by atoms with Crippen LogP contribution in [0.1, 0.15) is 47.2 Å². The van der Waals surface area contributed by atoms with Gasteiger partial charge < -0.3 is 15.2 Å². The minimum atomic E-state index is -0.924. The predicted octanol–water partition coefficient (Wildman–Crippen LogP) is 6.39. The Morgan fingerprint density at radius 3 is 2.31 bits per heavy atom. The summed E-state index contributed by atoms with van der Waals surface area (Å²) in [6.07, 6.45) is 1.54. The molecule has 0 spiro atoms. The lowest BCUT2D eigenvalue weighted by Gasteiger charge is -2.53. The molecule has 1 aromatic heterocycles. The molecule has 1 aliphatic heterocycles. The number of carbonyl (C=O) groups excluding carboxylic acids is 1. The number of fused-ring (bicyclic) bond motifs is 3. The zero-order valence-corrected chi connectivity index (χ0v) is 23.0. The molecule has 39 heavy (non-hydrogen) atoms. The van der Waals surface area contributed by atoms with E-state index < -0.39 is 28.6 Å². The molecule has 3 aromatic carbocycles. The monoisotopic (exact) mass is 582 g/mol. The largest absolute Gasteiger partial charge is 0.481 e. The Bertz CT molecular complexity index is 1650. The van der Waals surface area contributed by atoms with Crippen LogP contribution in [0.3, 0.4) is 0 Å². The number of carboxylic acids is 1. The number of halogens is 1. The number of carbonyl (C=O) groups is 2. The maximum atomic E-state index is 14.4. The number of epoxide rings is 1. The summed E-state index contributed by atoms with van der Waals surface area (Å²) >= 11 is 3.57. The molecule has 3 saturated carbocycles. The van der Waals surface area contributed by atoms with Crippen molar-refractivity contribution in [2.24, 2.45) is 5.41 Å². The van der Waals surface area contributed by atoms with Crippen LogP contribution in [0.2, 0.25) is 0 Å². The van der Waals surface area contributed by atoms with Gasteiger partial charge in [-0.2, -0.15) is 0 Å². The van der Waals surface area contributed by atoms with Gasteiger partial charge in [0, 0.05) is 15.4 Å². The molecule has 0 radical (unpaired) electrons. The highest BCUT2D eigenvalue weighted by molar-refractivity contribution is 9.10. The Morgan fingerprint density at radius 2 is 1.64 bits per heavy atom. The number of carboxylic acid groups (broad SMARTS) is 1. The number of nitrogens with zero attached hydrogens (tertiary/aromatic N) is 1.